The molecule has 1 aliphatic rings. The number of piperazine rings is 1. The van der Waals surface area contributed by atoms with Crippen LogP contribution < -0.4 is 10.2 Å². The van der Waals surface area contributed by atoms with Crippen molar-refractivity contribution >= 4 is 29.0 Å². The quantitative estimate of drug-likeness (QED) is 0.500. The number of nitrogens with one attached hydrogen (secondary N) is 1. The van der Waals surface area contributed by atoms with Gasteiger partial charge in [0.25, 0.3) is 11.6 Å². The minimum Gasteiger partial charge on any atom is -0.340 e. The molecule has 3 aromatic rings. The van der Waals surface area contributed by atoms with Crippen molar-refractivity contribution in [3.63, 3.8) is 0 Å². The molecular weight excluding hydrogens is 396 g/mol. The summed E-state index contributed by atoms with van der Waals surface area (Å²) in [6.07, 6.45) is 0. The van der Waals surface area contributed by atoms with Gasteiger partial charge in [0.2, 0.25) is 5.95 Å². The van der Waals surface area contributed by atoms with Gasteiger partial charge >= 0.3 is 0 Å². The number of carbonyl (C=O) groups excluding carboxylic acids is 1. The van der Waals surface area contributed by atoms with Crippen LogP contribution in [0.4, 0.5) is 23.1 Å². The van der Waals surface area contributed by atoms with Gasteiger partial charge in [0.1, 0.15) is 5.82 Å². The Kier molecular flexibility index (Phi) is 5.74. The number of hydrogen-bond acceptors (Lipinski definition) is 7. The Morgan fingerprint density at radius 3 is 2.45 bits per heavy atom. The Hall–Kier alpha value is -4.01. The predicted molar refractivity (Wildman–Crippen MR) is 118 cm³/mol. The topological polar surface area (TPSA) is 105 Å². The number of anilines is 3. The van der Waals surface area contributed by atoms with Gasteiger partial charge in [0.15, 0.2) is 0 Å². The molecule has 9 heteroatoms. The first kappa shape index (κ1) is 20.3. The number of benzene rings is 2. The predicted octanol–water partition coefficient (Wildman–Crippen LogP) is 3.40. The van der Waals surface area contributed by atoms with E-state index in [-0.39, 0.29) is 11.6 Å². The maximum Gasteiger partial charge on any atom is 0.270 e. The van der Waals surface area contributed by atoms with E-state index in [9.17, 15) is 14.9 Å². The molecule has 31 heavy (non-hydrogen) atoms. The number of carbonyl (C=O) groups is 1. The molecule has 1 aliphatic heterocycles. The van der Waals surface area contributed by atoms with Crippen LogP contribution in [0.5, 0.6) is 0 Å². The molecule has 2 heterocycles. The van der Waals surface area contributed by atoms with Crippen molar-refractivity contribution in [3.05, 3.63) is 82.0 Å². The fraction of sp³-hybridized carbons (Fsp3) is 0.227. The summed E-state index contributed by atoms with van der Waals surface area (Å²) in [6, 6.07) is 17.5. The normalized spacial score (nSPS) is 13.7. The minimum absolute atomic E-state index is 0.0870. The molecular formula is C22H22N6O3. The zero-order chi connectivity index (χ0) is 21.8. The van der Waals surface area contributed by atoms with Gasteiger partial charge in [-0.15, -0.1) is 0 Å². The first-order chi connectivity index (χ1) is 15.0. The number of nitrogens with zero attached hydrogens (tertiary/aromatic N) is 5. The molecule has 0 spiro atoms. The molecule has 1 amide bonds. The van der Waals surface area contributed by atoms with Crippen molar-refractivity contribution < 1.29 is 9.72 Å². The third kappa shape index (κ3) is 4.77. The highest BCUT2D eigenvalue weighted by Crippen LogP contribution is 2.20. The molecule has 4 rings (SSSR count). The summed E-state index contributed by atoms with van der Waals surface area (Å²) in [5, 5.41) is 14.3. The highest BCUT2D eigenvalue weighted by atomic mass is 16.6. The summed E-state index contributed by atoms with van der Waals surface area (Å²) in [5.74, 6) is 1.12. The fourth-order valence-electron chi connectivity index (χ4n) is 3.47. The molecule has 1 N–H and O–H groups in total. The van der Waals surface area contributed by atoms with E-state index in [1.807, 2.05) is 48.2 Å². The maximum absolute atomic E-state index is 12.8. The van der Waals surface area contributed by atoms with Gasteiger partial charge in [0.05, 0.1) is 4.92 Å². The molecule has 0 radical (unpaired) electrons. The average Bonchev–Trinajstić information content (AvgIpc) is 2.79. The van der Waals surface area contributed by atoms with Crippen LogP contribution in [0.15, 0.2) is 60.7 Å². The smallest absolute Gasteiger partial charge is 0.270 e. The Balaban J connectivity index is 1.43. The van der Waals surface area contributed by atoms with Crippen molar-refractivity contribution in [2.45, 2.75) is 6.92 Å². The largest absolute Gasteiger partial charge is 0.340 e. The van der Waals surface area contributed by atoms with E-state index < -0.39 is 4.92 Å². The van der Waals surface area contributed by atoms with Gasteiger partial charge < -0.3 is 15.1 Å². The number of para-hydroxylation sites is 1. The van der Waals surface area contributed by atoms with Gasteiger partial charge in [-0.1, -0.05) is 24.3 Å². The van der Waals surface area contributed by atoms with Crippen LogP contribution in [0.1, 0.15) is 16.1 Å². The zero-order valence-electron chi connectivity index (χ0n) is 17.1. The lowest BCUT2D eigenvalue weighted by atomic mass is 10.1. The molecule has 0 unspecified atom stereocenters. The summed E-state index contributed by atoms with van der Waals surface area (Å²) in [6.45, 7) is 4.05. The van der Waals surface area contributed by atoms with E-state index in [0.717, 1.165) is 11.4 Å². The van der Waals surface area contributed by atoms with Crippen molar-refractivity contribution in [2.24, 2.45) is 0 Å². The molecule has 158 valence electrons. The SMILES string of the molecule is Cc1cc(Nc2ccccc2)nc(N2CCN(C(=O)c3cccc([N+](=O)[O-])c3)CC2)n1. The second-order valence-corrected chi connectivity index (χ2v) is 7.27. The van der Waals surface area contributed by atoms with Crippen LogP contribution in [0.2, 0.25) is 0 Å². The van der Waals surface area contributed by atoms with Crippen molar-refractivity contribution in [2.75, 3.05) is 36.4 Å². The van der Waals surface area contributed by atoms with Crippen LogP contribution in [-0.2, 0) is 0 Å². The van der Waals surface area contributed by atoms with E-state index in [1.54, 1.807) is 11.0 Å². The Bertz CT molecular complexity index is 1100. The number of nitro groups is 1. The number of hydrogen-bond donors (Lipinski definition) is 1. The van der Waals surface area contributed by atoms with Crippen LogP contribution in [-0.4, -0.2) is 51.9 Å². The molecule has 0 bridgehead atoms. The summed E-state index contributed by atoms with van der Waals surface area (Å²) >= 11 is 0. The Morgan fingerprint density at radius 2 is 1.74 bits per heavy atom. The lowest BCUT2D eigenvalue weighted by molar-refractivity contribution is -0.384. The van der Waals surface area contributed by atoms with Crippen LogP contribution in [0, 0.1) is 17.0 Å². The van der Waals surface area contributed by atoms with E-state index in [1.165, 1.54) is 18.2 Å². The number of aromatic nitrogens is 2. The molecule has 1 aromatic heterocycles. The van der Waals surface area contributed by atoms with E-state index >= 15 is 0 Å². The average molecular weight is 418 g/mol. The third-order valence-corrected chi connectivity index (χ3v) is 5.04. The van der Waals surface area contributed by atoms with Crippen LogP contribution in [0.25, 0.3) is 0 Å². The second kappa shape index (κ2) is 8.78. The fourth-order valence-corrected chi connectivity index (χ4v) is 3.47. The van der Waals surface area contributed by atoms with E-state index in [4.69, 9.17) is 0 Å². The highest BCUT2D eigenvalue weighted by Gasteiger charge is 2.24. The molecule has 0 aliphatic carbocycles. The van der Waals surface area contributed by atoms with E-state index in [0.29, 0.717) is 43.5 Å². The number of amides is 1. The number of aryl methyl sites for hydroxylation is 1. The van der Waals surface area contributed by atoms with Crippen LogP contribution >= 0.6 is 0 Å². The van der Waals surface area contributed by atoms with Crippen molar-refractivity contribution in [1.29, 1.82) is 0 Å². The number of nitro benzene ring substituents is 1. The van der Waals surface area contributed by atoms with E-state index in [2.05, 4.69) is 15.3 Å². The summed E-state index contributed by atoms with van der Waals surface area (Å²) < 4.78 is 0. The van der Waals surface area contributed by atoms with Crippen LogP contribution in [0.3, 0.4) is 0 Å². The number of non-ortho nitro benzene ring substituents is 1. The van der Waals surface area contributed by atoms with Gasteiger partial charge in [-0.25, -0.2) is 4.98 Å². The van der Waals surface area contributed by atoms with Gasteiger partial charge in [-0.05, 0) is 25.1 Å². The minimum atomic E-state index is -0.495. The van der Waals surface area contributed by atoms with Gasteiger partial charge in [-0.2, -0.15) is 4.98 Å². The van der Waals surface area contributed by atoms with Gasteiger partial charge in [0, 0.05) is 61.3 Å². The second-order valence-electron chi connectivity index (χ2n) is 7.27. The van der Waals surface area contributed by atoms with Crippen molar-refractivity contribution in [3.8, 4) is 0 Å². The first-order valence-corrected chi connectivity index (χ1v) is 9.96. The highest BCUT2D eigenvalue weighted by molar-refractivity contribution is 5.95. The number of rotatable bonds is 5. The molecule has 0 atom stereocenters. The van der Waals surface area contributed by atoms with Gasteiger partial charge in [-0.3, -0.25) is 14.9 Å². The molecule has 9 nitrogen and oxygen atoms in total. The lowest BCUT2D eigenvalue weighted by Gasteiger charge is -2.35. The maximum atomic E-state index is 12.8. The Labute approximate surface area is 179 Å². The monoisotopic (exact) mass is 418 g/mol. The molecule has 1 fully saturated rings. The molecule has 1 saturated heterocycles. The Morgan fingerprint density at radius 1 is 1.00 bits per heavy atom. The first-order valence-electron chi connectivity index (χ1n) is 9.96. The summed E-state index contributed by atoms with van der Waals surface area (Å²) in [4.78, 5) is 36.2. The standard InChI is InChI=1S/C22H22N6O3/c1-16-14-20(24-18-7-3-2-4-8-18)25-22(23-16)27-12-10-26(11-13-27)21(29)17-6-5-9-19(15-17)28(30)31/h2-9,14-15H,10-13H2,1H3,(H,23,24,25). The summed E-state index contributed by atoms with van der Waals surface area (Å²) in [5.41, 5.74) is 2.03. The molecule has 0 saturated carbocycles. The lowest BCUT2D eigenvalue weighted by Crippen LogP contribution is -2.49. The third-order valence-electron chi connectivity index (χ3n) is 5.04. The van der Waals surface area contributed by atoms with Crippen molar-refractivity contribution in [1.82, 2.24) is 14.9 Å². The molecule has 2 aromatic carbocycles. The summed E-state index contributed by atoms with van der Waals surface area (Å²) in [7, 11) is 0. The zero-order valence-corrected chi connectivity index (χ0v) is 17.1.